The molecule has 38 heavy (non-hydrogen) atoms. The van der Waals surface area contributed by atoms with Gasteiger partial charge in [0.25, 0.3) is 5.91 Å². The van der Waals surface area contributed by atoms with Crippen molar-refractivity contribution < 1.29 is 18.7 Å². The van der Waals surface area contributed by atoms with Crippen molar-refractivity contribution in [3.63, 3.8) is 0 Å². The van der Waals surface area contributed by atoms with Crippen LogP contribution in [0.1, 0.15) is 28.1 Å². The van der Waals surface area contributed by atoms with Crippen LogP contribution >= 0.6 is 11.3 Å². The van der Waals surface area contributed by atoms with E-state index in [1.165, 1.54) is 22.3 Å². The lowest BCUT2D eigenvalue weighted by molar-refractivity contribution is 0.0917. The Kier molecular flexibility index (Phi) is 6.21. The zero-order valence-electron chi connectivity index (χ0n) is 21.0. The minimum atomic E-state index is -0.596. The van der Waals surface area contributed by atoms with Gasteiger partial charge in [-0.2, -0.15) is 0 Å². The summed E-state index contributed by atoms with van der Waals surface area (Å²) >= 11 is 1.24. The van der Waals surface area contributed by atoms with Crippen molar-refractivity contribution in [2.45, 2.75) is 25.8 Å². The molecule has 0 bridgehead atoms. The molecule has 1 atom stereocenters. The predicted molar refractivity (Wildman–Crippen MR) is 146 cm³/mol. The number of hydrogen-bond acceptors (Lipinski definition) is 6. The Balaban J connectivity index is 1.35. The molecule has 4 heterocycles. The smallest absolute Gasteiger partial charge is 0.331 e. The van der Waals surface area contributed by atoms with E-state index in [-0.39, 0.29) is 17.7 Å². The largest absolute Gasteiger partial charge is 0.454 e. The van der Waals surface area contributed by atoms with E-state index in [4.69, 9.17) is 4.74 Å². The number of nitrogens with one attached hydrogen (secondary N) is 2. The third-order valence-electron chi connectivity index (χ3n) is 6.87. The highest BCUT2D eigenvalue weighted by atomic mass is 32.1. The second-order valence-electron chi connectivity index (χ2n) is 9.64. The van der Waals surface area contributed by atoms with Gasteiger partial charge in [-0.05, 0) is 63.2 Å². The number of pyridine rings is 1. The summed E-state index contributed by atoms with van der Waals surface area (Å²) in [5.41, 5.74) is 2.01. The average Bonchev–Trinajstić information content (AvgIpc) is 3.27. The summed E-state index contributed by atoms with van der Waals surface area (Å²) in [6, 6.07) is 13.1. The van der Waals surface area contributed by atoms with Crippen molar-refractivity contribution in [1.29, 1.82) is 0 Å². The molecule has 4 aromatic rings. The first kappa shape index (κ1) is 24.3. The van der Waals surface area contributed by atoms with E-state index >= 15 is 4.39 Å². The second kappa shape index (κ2) is 9.70. The number of benzene rings is 2. The van der Waals surface area contributed by atoms with E-state index in [0.717, 1.165) is 25.9 Å². The fourth-order valence-electron chi connectivity index (χ4n) is 5.10. The second-order valence-corrected chi connectivity index (χ2v) is 10.6. The van der Waals surface area contributed by atoms with Gasteiger partial charge in [-0.1, -0.05) is 18.2 Å². The van der Waals surface area contributed by atoms with Crippen LogP contribution in [-0.2, 0) is 0 Å². The summed E-state index contributed by atoms with van der Waals surface area (Å²) in [7, 11) is 2.04. The van der Waals surface area contributed by atoms with Crippen LogP contribution in [0, 0.1) is 12.7 Å². The molecule has 2 aromatic carbocycles. The molecule has 2 N–H and O–H groups in total. The average molecular weight is 532 g/mol. The summed E-state index contributed by atoms with van der Waals surface area (Å²) in [5, 5.41) is 6.66. The van der Waals surface area contributed by atoms with Gasteiger partial charge in [-0.3, -0.25) is 9.69 Å². The van der Waals surface area contributed by atoms with Crippen LogP contribution in [0.3, 0.4) is 0 Å². The number of nitrogens with zero attached hydrogens (tertiary/aromatic N) is 3. The molecule has 0 radical (unpaired) electrons. The highest BCUT2D eigenvalue weighted by Gasteiger charge is 2.34. The van der Waals surface area contributed by atoms with E-state index in [2.05, 4.69) is 20.5 Å². The first-order valence-corrected chi connectivity index (χ1v) is 13.3. The first-order chi connectivity index (χ1) is 18.4. The number of para-hydroxylation sites is 1. The highest BCUT2D eigenvalue weighted by molar-refractivity contribution is 7.21. The maximum absolute atomic E-state index is 15.2. The molecule has 2 aliphatic heterocycles. The molecule has 8 nitrogen and oxygen atoms in total. The van der Waals surface area contributed by atoms with Gasteiger partial charge in [-0.25, -0.2) is 14.2 Å². The number of likely N-dealkylation sites (N-methyl/N-ethyl adjacent to an activating group) is 1. The lowest BCUT2D eigenvalue weighted by atomic mass is 10.1. The number of ether oxygens (including phenoxy) is 1. The molecular weight excluding hydrogens is 505 g/mol. The van der Waals surface area contributed by atoms with Crippen molar-refractivity contribution in [3.05, 3.63) is 71.0 Å². The maximum Gasteiger partial charge on any atom is 0.331 e. The van der Waals surface area contributed by atoms with Crippen molar-refractivity contribution in [2.75, 3.05) is 30.4 Å². The molecular formula is C28H26FN5O3S. The van der Waals surface area contributed by atoms with Gasteiger partial charge < -0.3 is 20.3 Å². The number of likely N-dealkylation sites (tertiary alicyclic amines) is 1. The molecule has 194 valence electrons. The molecule has 0 spiro atoms. The molecule has 6 rings (SSSR count). The number of thiophene rings is 1. The Morgan fingerprint density at radius 3 is 2.82 bits per heavy atom. The van der Waals surface area contributed by atoms with Gasteiger partial charge in [0.2, 0.25) is 0 Å². The van der Waals surface area contributed by atoms with Crippen LogP contribution in [0.4, 0.5) is 26.2 Å². The SMILES string of the molecule is Cc1cc(Oc2ccccc2)c(F)cc1N1C(=O)Nc2c(C(=O)N[C@@H]3CCCN(C)C3)sc3nccc1c23. The number of carbonyl (C=O) groups excluding carboxylic acids is 2. The molecule has 2 aliphatic rings. The molecule has 2 aromatic heterocycles. The topological polar surface area (TPSA) is 86.8 Å². The molecule has 10 heteroatoms. The first-order valence-electron chi connectivity index (χ1n) is 12.4. The van der Waals surface area contributed by atoms with E-state index in [0.29, 0.717) is 43.5 Å². The third kappa shape index (κ3) is 4.35. The normalized spacial score (nSPS) is 17.4. The van der Waals surface area contributed by atoms with Gasteiger partial charge in [0, 0.05) is 24.8 Å². The number of aryl methyl sites for hydroxylation is 1. The molecule has 3 amide bonds. The Labute approximate surface area is 223 Å². The zero-order valence-corrected chi connectivity index (χ0v) is 21.8. The van der Waals surface area contributed by atoms with Crippen LogP contribution in [0.5, 0.6) is 11.5 Å². The highest BCUT2D eigenvalue weighted by Crippen LogP contribution is 2.47. The van der Waals surface area contributed by atoms with Crippen molar-refractivity contribution >= 4 is 50.6 Å². The van der Waals surface area contributed by atoms with Crippen LogP contribution in [0.15, 0.2) is 54.7 Å². The molecule has 1 saturated heterocycles. The summed E-state index contributed by atoms with van der Waals surface area (Å²) in [6.07, 6.45) is 3.53. The maximum atomic E-state index is 15.2. The lowest BCUT2D eigenvalue weighted by Crippen LogP contribution is -2.46. The van der Waals surface area contributed by atoms with E-state index in [1.54, 1.807) is 37.4 Å². The zero-order chi connectivity index (χ0) is 26.4. The Bertz CT molecular complexity index is 1560. The summed E-state index contributed by atoms with van der Waals surface area (Å²) < 4.78 is 20.9. The molecule has 0 aliphatic carbocycles. The Morgan fingerprint density at radius 2 is 2.03 bits per heavy atom. The van der Waals surface area contributed by atoms with Gasteiger partial charge in [0.1, 0.15) is 15.5 Å². The third-order valence-corrected chi connectivity index (χ3v) is 7.97. The van der Waals surface area contributed by atoms with Gasteiger partial charge in [0.15, 0.2) is 11.6 Å². The Hall–Kier alpha value is -4.02. The van der Waals surface area contributed by atoms with Gasteiger partial charge >= 0.3 is 6.03 Å². The number of carbonyl (C=O) groups is 2. The number of aromatic nitrogens is 1. The number of halogens is 1. The molecule has 1 fully saturated rings. The molecule has 0 unspecified atom stereocenters. The summed E-state index contributed by atoms with van der Waals surface area (Å²) in [6.45, 7) is 3.59. The minimum absolute atomic E-state index is 0.0455. The predicted octanol–water partition coefficient (Wildman–Crippen LogP) is 6.04. The van der Waals surface area contributed by atoms with Crippen LogP contribution in [0.2, 0.25) is 0 Å². The van der Waals surface area contributed by atoms with E-state index in [1.807, 2.05) is 25.2 Å². The Morgan fingerprint density at radius 1 is 1.21 bits per heavy atom. The van der Waals surface area contributed by atoms with Gasteiger partial charge in [-0.15, -0.1) is 11.3 Å². The summed E-state index contributed by atoms with van der Waals surface area (Å²) in [5.74, 6) is -0.245. The van der Waals surface area contributed by atoms with E-state index in [9.17, 15) is 9.59 Å². The number of piperidine rings is 1. The lowest BCUT2D eigenvalue weighted by Gasteiger charge is -2.31. The van der Waals surface area contributed by atoms with Crippen LogP contribution in [0.25, 0.3) is 10.2 Å². The van der Waals surface area contributed by atoms with Gasteiger partial charge in [0.05, 0.1) is 22.4 Å². The van der Waals surface area contributed by atoms with Crippen molar-refractivity contribution in [3.8, 4) is 11.5 Å². The fraction of sp³-hybridized carbons (Fsp3) is 0.250. The van der Waals surface area contributed by atoms with Crippen LogP contribution < -0.4 is 20.3 Å². The fourth-order valence-corrected chi connectivity index (χ4v) is 6.12. The van der Waals surface area contributed by atoms with Crippen molar-refractivity contribution in [1.82, 2.24) is 15.2 Å². The number of rotatable bonds is 5. The number of amides is 3. The number of urea groups is 1. The van der Waals surface area contributed by atoms with Crippen LogP contribution in [-0.4, -0.2) is 48.0 Å². The quantitative estimate of drug-likeness (QED) is 0.328. The minimum Gasteiger partial charge on any atom is -0.454 e. The standard InChI is InChI=1S/C28H26FN5O3S/c1-16-13-22(37-18-8-4-3-5-9-18)19(29)14-21(16)34-20-10-11-30-27-23(20)24(32-28(34)36)25(38-27)26(35)31-17-7-6-12-33(2)15-17/h3-5,8-11,13-14,17H,6-7,12,15H2,1-2H3,(H,31,35)(H,32,36)/t17-/m1/s1. The van der Waals surface area contributed by atoms with E-state index < -0.39 is 11.8 Å². The molecule has 0 saturated carbocycles. The monoisotopic (exact) mass is 531 g/mol. The van der Waals surface area contributed by atoms with Crippen molar-refractivity contribution in [2.24, 2.45) is 0 Å². The summed E-state index contributed by atoms with van der Waals surface area (Å²) in [4.78, 5) is 35.8. The number of anilines is 3. The number of hydrogen-bond donors (Lipinski definition) is 2.